The van der Waals surface area contributed by atoms with Crippen molar-refractivity contribution in [3.8, 4) is 5.75 Å². The Morgan fingerprint density at radius 2 is 1.94 bits per heavy atom. The largest absolute Gasteiger partial charge is 0.489 e. The van der Waals surface area contributed by atoms with Gasteiger partial charge in [-0.3, -0.25) is 24.6 Å². The molecule has 3 aliphatic heterocycles. The fraction of sp³-hybridized carbons (Fsp3) is 0.400. The predicted molar refractivity (Wildman–Crippen MR) is 125 cm³/mol. The third kappa shape index (κ3) is 4.58. The molecule has 1 atom stereocenters. The number of nitrogens with zero attached hydrogens (tertiary/aromatic N) is 2. The second-order valence-corrected chi connectivity index (χ2v) is 8.89. The summed E-state index contributed by atoms with van der Waals surface area (Å²) in [5, 5.41) is 2.33. The van der Waals surface area contributed by atoms with Crippen LogP contribution in [0.5, 0.6) is 5.75 Å². The molecule has 3 heterocycles. The average Bonchev–Trinajstić information content (AvgIpc) is 3.16. The summed E-state index contributed by atoms with van der Waals surface area (Å²) in [7, 11) is 6.31. The van der Waals surface area contributed by atoms with Crippen molar-refractivity contribution in [3.05, 3.63) is 58.7 Å². The lowest BCUT2D eigenvalue weighted by Gasteiger charge is -2.29. The van der Waals surface area contributed by atoms with Crippen molar-refractivity contribution < 1.29 is 23.9 Å². The molecule has 34 heavy (non-hydrogen) atoms. The second kappa shape index (κ2) is 9.60. The van der Waals surface area contributed by atoms with Crippen LogP contribution in [-0.2, 0) is 34.0 Å². The third-order valence-electron chi connectivity index (χ3n) is 6.64. The molecule has 5 rings (SSSR count). The van der Waals surface area contributed by atoms with Gasteiger partial charge in [0.2, 0.25) is 11.8 Å². The van der Waals surface area contributed by atoms with Gasteiger partial charge in [-0.25, -0.2) is 0 Å². The van der Waals surface area contributed by atoms with Gasteiger partial charge in [0.15, 0.2) is 0 Å². The quantitative estimate of drug-likeness (QED) is 0.505. The standard InChI is InChI=1S/C25H26BN3O5/c26-20-12-16(13-28-8-10-33-11-9-28)4-5-17(20)15-34-22-3-1-2-18-19(22)14-29(25(18)32)21-6-7-23(30)27-24(21)31/h1-5,12,21H,6-11,13-15H2,(H,27,30,31). The molecule has 1 unspecified atom stereocenters. The van der Waals surface area contributed by atoms with Crippen molar-refractivity contribution in [3.63, 3.8) is 0 Å². The van der Waals surface area contributed by atoms with E-state index in [1.165, 1.54) is 4.90 Å². The first-order valence-electron chi connectivity index (χ1n) is 11.6. The first-order valence-corrected chi connectivity index (χ1v) is 11.6. The molecule has 1 N–H and O–H groups in total. The molecule has 0 aliphatic carbocycles. The summed E-state index contributed by atoms with van der Waals surface area (Å²) < 4.78 is 11.5. The highest BCUT2D eigenvalue weighted by Crippen LogP contribution is 2.33. The number of nitrogens with one attached hydrogen (secondary N) is 1. The molecule has 2 aromatic carbocycles. The van der Waals surface area contributed by atoms with Crippen LogP contribution in [0, 0.1) is 0 Å². The Balaban J connectivity index is 1.26. The summed E-state index contributed by atoms with van der Waals surface area (Å²) in [6, 6.07) is 10.7. The number of morpholine rings is 1. The molecule has 2 aromatic rings. The number of carbonyl (C=O) groups is 3. The minimum absolute atomic E-state index is 0.220. The van der Waals surface area contributed by atoms with Gasteiger partial charge in [0.1, 0.15) is 26.2 Å². The fourth-order valence-electron chi connectivity index (χ4n) is 4.74. The van der Waals surface area contributed by atoms with Crippen LogP contribution < -0.4 is 15.5 Å². The van der Waals surface area contributed by atoms with Gasteiger partial charge < -0.3 is 14.4 Å². The van der Waals surface area contributed by atoms with Crippen molar-refractivity contribution in [1.29, 1.82) is 0 Å². The van der Waals surface area contributed by atoms with E-state index in [1.54, 1.807) is 12.1 Å². The maximum absolute atomic E-state index is 13.0. The van der Waals surface area contributed by atoms with E-state index in [4.69, 9.17) is 17.3 Å². The molecule has 3 aliphatic rings. The van der Waals surface area contributed by atoms with E-state index in [0.29, 0.717) is 23.2 Å². The van der Waals surface area contributed by atoms with Gasteiger partial charge in [0.25, 0.3) is 5.91 Å². The van der Waals surface area contributed by atoms with Crippen molar-refractivity contribution in [2.24, 2.45) is 0 Å². The highest BCUT2D eigenvalue weighted by Gasteiger charge is 2.40. The fourth-order valence-corrected chi connectivity index (χ4v) is 4.74. The van der Waals surface area contributed by atoms with Crippen LogP contribution in [0.1, 0.15) is 39.9 Å². The van der Waals surface area contributed by atoms with Crippen molar-refractivity contribution >= 4 is 31.0 Å². The smallest absolute Gasteiger partial charge is 0.255 e. The molecule has 174 valence electrons. The molecule has 2 saturated heterocycles. The van der Waals surface area contributed by atoms with Gasteiger partial charge in [-0.1, -0.05) is 29.7 Å². The number of hydrogen-bond donors (Lipinski definition) is 1. The summed E-state index contributed by atoms with van der Waals surface area (Å²) in [5.41, 5.74) is 3.96. The normalized spacial score (nSPS) is 20.9. The van der Waals surface area contributed by atoms with Crippen LogP contribution in [0.2, 0.25) is 0 Å². The Bertz CT molecular complexity index is 1130. The van der Waals surface area contributed by atoms with Crippen LogP contribution in [0.15, 0.2) is 36.4 Å². The van der Waals surface area contributed by atoms with Crippen molar-refractivity contribution in [2.75, 3.05) is 26.3 Å². The van der Waals surface area contributed by atoms with E-state index >= 15 is 0 Å². The van der Waals surface area contributed by atoms with Gasteiger partial charge in [-0.05, 0) is 29.7 Å². The number of imide groups is 1. The maximum atomic E-state index is 13.0. The summed E-state index contributed by atoms with van der Waals surface area (Å²) in [5.74, 6) is -0.354. The van der Waals surface area contributed by atoms with Gasteiger partial charge in [-0.15, -0.1) is 0 Å². The van der Waals surface area contributed by atoms with Crippen molar-refractivity contribution in [1.82, 2.24) is 15.1 Å². The van der Waals surface area contributed by atoms with E-state index in [1.807, 2.05) is 18.2 Å². The molecule has 0 saturated carbocycles. The van der Waals surface area contributed by atoms with Crippen LogP contribution in [0.4, 0.5) is 0 Å². The van der Waals surface area contributed by atoms with Crippen LogP contribution in [-0.4, -0.2) is 67.7 Å². The Morgan fingerprint density at radius 3 is 2.71 bits per heavy atom. The number of ether oxygens (including phenoxy) is 2. The first-order chi connectivity index (χ1) is 16.5. The van der Waals surface area contributed by atoms with Crippen LogP contribution in [0.25, 0.3) is 0 Å². The molecule has 3 amide bonds. The summed E-state index contributed by atoms with van der Waals surface area (Å²) >= 11 is 0. The predicted octanol–water partition coefficient (Wildman–Crippen LogP) is 0.653. The van der Waals surface area contributed by atoms with Gasteiger partial charge >= 0.3 is 0 Å². The zero-order chi connectivity index (χ0) is 23.7. The summed E-state index contributed by atoms with van der Waals surface area (Å²) in [4.78, 5) is 40.6. The number of carbonyl (C=O) groups excluding carboxylic acids is 3. The van der Waals surface area contributed by atoms with Gasteiger partial charge in [0, 0.05) is 37.2 Å². The molecular weight excluding hydrogens is 433 g/mol. The van der Waals surface area contributed by atoms with Gasteiger partial charge in [0.05, 0.1) is 19.8 Å². The average molecular weight is 459 g/mol. The number of benzene rings is 2. The van der Waals surface area contributed by atoms with Crippen molar-refractivity contribution in [2.45, 2.75) is 38.6 Å². The molecule has 8 nitrogen and oxygen atoms in total. The minimum Gasteiger partial charge on any atom is -0.489 e. The lowest BCUT2D eigenvalue weighted by Crippen LogP contribution is -2.52. The lowest BCUT2D eigenvalue weighted by molar-refractivity contribution is -0.136. The second-order valence-electron chi connectivity index (χ2n) is 8.89. The molecule has 0 spiro atoms. The molecule has 0 bridgehead atoms. The molecule has 2 radical (unpaired) electrons. The third-order valence-corrected chi connectivity index (χ3v) is 6.64. The zero-order valence-corrected chi connectivity index (χ0v) is 18.9. The first kappa shape index (κ1) is 22.6. The number of piperidine rings is 1. The molecule has 9 heteroatoms. The number of amides is 3. The summed E-state index contributed by atoms with van der Waals surface area (Å²) in [6.07, 6.45) is 0.550. The zero-order valence-electron chi connectivity index (χ0n) is 18.9. The lowest BCUT2D eigenvalue weighted by atomic mass is 9.89. The van der Waals surface area contributed by atoms with E-state index in [9.17, 15) is 14.4 Å². The van der Waals surface area contributed by atoms with E-state index in [0.717, 1.165) is 49.5 Å². The van der Waals surface area contributed by atoms with E-state index in [2.05, 4.69) is 16.3 Å². The molecular formula is C25H26BN3O5. The Kier molecular flexibility index (Phi) is 6.39. The van der Waals surface area contributed by atoms with Crippen LogP contribution in [0.3, 0.4) is 0 Å². The topological polar surface area (TPSA) is 88.2 Å². The van der Waals surface area contributed by atoms with Crippen LogP contribution >= 0.6 is 0 Å². The molecule has 2 fully saturated rings. The maximum Gasteiger partial charge on any atom is 0.255 e. The number of fused-ring (bicyclic) bond motifs is 1. The van der Waals surface area contributed by atoms with E-state index in [-0.39, 0.29) is 31.4 Å². The highest BCUT2D eigenvalue weighted by atomic mass is 16.5. The minimum atomic E-state index is -0.653. The Labute approximate surface area is 199 Å². The molecule has 0 aromatic heterocycles. The SMILES string of the molecule is [B]c1cc(CN2CCOCC2)ccc1COc1cccc2c1CN(C1CCC(=O)NC1=O)C2=O. The van der Waals surface area contributed by atoms with Gasteiger partial charge in [-0.2, -0.15) is 0 Å². The highest BCUT2D eigenvalue weighted by molar-refractivity contribution is 6.33. The number of hydrogen-bond acceptors (Lipinski definition) is 6. The Hall–Kier alpha value is -3.17. The monoisotopic (exact) mass is 459 g/mol. The Morgan fingerprint density at radius 1 is 1.12 bits per heavy atom. The summed E-state index contributed by atoms with van der Waals surface area (Å²) in [6.45, 7) is 4.71. The van der Waals surface area contributed by atoms with E-state index < -0.39 is 11.9 Å². The number of rotatable bonds is 6.